The van der Waals surface area contributed by atoms with Gasteiger partial charge in [0.05, 0.1) is 5.69 Å². The van der Waals surface area contributed by atoms with Gasteiger partial charge in [0.15, 0.2) is 0 Å². The zero-order valence-electron chi connectivity index (χ0n) is 16.3. The van der Waals surface area contributed by atoms with Gasteiger partial charge >= 0.3 is 11.6 Å². The van der Waals surface area contributed by atoms with E-state index in [1.54, 1.807) is 13.0 Å². The molecule has 7 nitrogen and oxygen atoms in total. The number of halogens is 1. The van der Waals surface area contributed by atoms with Crippen molar-refractivity contribution >= 4 is 28.3 Å². The summed E-state index contributed by atoms with van der Waals surface area (Å²) in [6, 6.07) is 11.2. The lowest BCUT2D eigenvalue weighted by atomic mass is 10.1. The first kappa shape index (κ1) is 20.5. The second kappa shape index (κ2) is 8.57. The van der Waals surface area contributed by atoms with Gasteiger partial charge in [-0.05, 0) is 43.3 Å². The van der Waals surface area contributed by atoms with Gasteiger partial charge in [0.25, 0.3) is 0 Å². The summed E-state index contributed by atoms with van der Waals surface area (Å²) < 4.78 is 29.0. The Morgan fingerprint density at radius 2 is 1.94 bits per heavy atom. The monoisotopic (exact) mass is 441 g/mol. The molecule has 4 aromatic rings. The SMILES string of the molecule is Cc1nc(COc2ccc(F)cc2)sc1C(=O)OCc1cc(=O)oc2cc(O)ccc12. The highest BCUT2D eigenvalue weighted by Gasteiger charge is 2.18. The van der Waals surface area contributed by atoms with E-state index in [0.717, 1.165) is 11.3 Å². The van der Waals surface area contributed by atoms with Crippen molar-refractivity contribution in [1.29, 1.82) is 0 Å². The minimum Gasteiger partial charge on any atom is -0.508 e. The summed E-state index contributed by atoms with van der Waals surface area (Å²) >= 11 is 1.14. The molecule has 2 aromatic heterocycles. The number of benzene rings is 2. The van der Waals surface area contributed by atoms with Crippen LogP contribution in [-0.4, -0.2) is 16.1 Å². The van der Waals surface area contributed by atoms with Crippen molar-refractivity contribution < 1.29 is 28.2 Å². The number of aromatic hydroxyl groups is 1. The molecule has 158 valence electrons. The second-order valence-corrected chi connectivity index (χ2v) is 7.70. The summed E-state index contributed by atoms with van der Waals surface area (Å²) in [5.41, 5.74) is 0.544. The number of carbonyl (C=O) groups excluding carboxylic acids is 1. The van der Waals surface area contributed by atoms with Gasteiger partial charge < -0.3 is 19.0 Å². The van der Waals surface area contributed by atoms with Gasteiger partial charge in [-0.25, -0.2) is 19.0 Å². The fraction of sp³-hybridized carbons (Fsp3) is 0.136. The molecule has 0 unspecified atom stereocenters. The quantitative estimate of drug-likeness (QED) is 0.351. The van der Waals surface area contributed by atoms with E-state index < -0.39 is 11.6 Å². The van der Waals surface area contributed by atoms with Crippen LogP contribution in [0.2, 0.25) is 0 Å². The molecular weight excluding hydrogens is 425 g/mol. The number of carbonyl (C=O) groups is 1. The Morgan fingerprint density at radius 1 is 1.16 bits per heavy atom. The van der Waals surface area contributed by atoms with Gasteiger partial charge in [0.1, 0.15) is 46.0 Å². The Bertz CT molecular complexity index is 1310. The molecule has 31 heavy (non-hydrogen) atoms. The Morgan fingerprint density at radius 3 is 2.71 bits per heavy atom. The Balaban J connectivity index is 1.45. The summed E-state index contributed by atoms with van der Waals surface area (Å²) in [4.78, 5) is 29.0. The summed E-state index contributed by atoms with van der Waals surface area (Å²) in [5.74, 6) is -0.494. The van der Waals surface area contributed by atoms with Crippen LogP contribution < -0.4 is 10.4 Å². The largest absolute Gasteiger partial charge is 0.508 e. The zero-order valence-corrected chi connectivity index (χ0v) is 17.1. The number of rotatable bonds is 6. The predicted octanol–water partition coefficient (Wildman–Crippen LogP) is 4.34. The number of thiazole rings is 1. The number of aryl methyl sites for hydroxylation is 1. The molecule has 0 atom stereocenters. The van der Waals surface area contributed by atoms with Crippen molar-refractivity contribution in [3.63, 3.8) is 0 Å². The zero-order chi connectivity index (χ0) is 22.0. The Labute approximate surface area is 179 Å². The summed E-state index contributed by atoms with van der Waals surface area (Å²) in [6.45, 7) is 1.66. The highest BCUT2D eigenvalue weighted by Crippen LogP contribution is 2.24. The van der Waals surface area contributed by atoms with Gasteiger partial charge in [-0.2, -0.15) is 0 Å². The molecule has 4 rings (SSSR count). The van der Waals surface area contributed by atoms with E-state index in [1.165, 1.54) is 42.5 Å². The third kappa shape index (κ3) is 4.72. The Kier molecular flexibility index (Phi) is 5.68. The van der Waals surface area contributed by atoms with Gasteiger partial charge in [-0.1, -0.05) is 0 Å². The molecule has 0 fully saturated rings. The van der Waals surface area contributed by atoms with Crippen LogP contribution in [0.1, 0.15) is 25.9 Å². The maximum absolute atomic E-state index is 13.0. The summed E-state index contributed by atoms with van der Waals surface area (Å²) in [6.07, 6.45) is 0. The average molecular weight is 441 g/mol. The van der Waals surface area contributed by atoms with E-state index in [-0.39, 0.29) is 30.4 Å². The number of esters is 1. The number of fused-ring (bicyclic) bond motifs is 1. The third-order valence-corrected chi connectivity index (χ3v) is 5.49. The molecule has 2 aromatic carbocycles. The second-order valence-electron chi connectivity index (χ2n) is 6.61. The maximum atomic E-state index is 13.0. The van der Waals surface area contributed by atoms with Gasteiger partial charge in [-0.3, -0.25) is 0 Å². The van der Waals surface area contributed by atoms with E-state index in [9.17, 15) is 19.1 Å². The predicted molar refractivity (Wildman–Crippen MR) is 111 cm³/mol. The molecular formula is C22H16FNO6S. The smallest absolute Gasteiger partial charge is 0.350 e. The van der Waals surface area contributed by atoms with Crippen LogP contribution in [0.5, 0.6) is 11.5 Å². The van der Waals surface area contributed by atoms with Crippen molar-refractivity contribution in [2.75, 3.05) is 0 Å². The molecule has 0 aliphatic heterocycles. The number of nitrogens with zero attached hydrogens (tertiary/aromatic N) is 1. The highest BCUT2D eigenvalue weighted by atomic mass is 32.1. The van der Waals surface area contributed by atoms with Crippen LogP contribution in [0.25, 0.3) is 11.0 Å². The van der Waals surface area contributed by atoms with Crippen molar-refractivity contribution in [3.05, 3.63) is 85.9 Å². The molecule has 0 aliphatic carbocycles. The van der Waals surface area contributed by atoms with E-state index in [2.05, 4.69) is 4.98 Å². The number of hydrogen-bond acceptors (Lipinski definition) is 8. The molecule has 1 N–H and O–H groups in total. The molecule has 2 heterocycles. The van der Waals surface area contributed by atoms with Crippen molar-refractivity contribution in [3.8, 4) is 11.5 Å². The van der Waals surface area contributed by atoms with Gasteiger partial charge in [0.2, 0.25) is 0 Å². The van der Waals surface area contributed by atoms with Gasteiger partial charge in [0, 0.05) is 23.1 Å². The molecule has 0 saturated heterocycles. The highest BCUT2D eigenvalue weighted by molar-refractivity contribution is 7.13. The molecule has 0 radical (unpaired) electrons. The minimum absolute atomic E-state index is 0.0412. The first-order chi connectivity index (χ1) is 14.9. The fourth-order valence-electron chi connectivity index (χ4n) is 2.93. The third-order valence-electron chi connectivity index (χ3n) is 4.37. The number of phenols is 1. The molecule has 0 aliphatic rings. The van der Waals surface area contributed by atoms with E-state index in [4.69, 9.17) is 13.9 Å². The molecule has 0 saturated carbocycles. The minimum atomic E-state index is -0.613. The van der Waals surface area contributed by atoms with Crippen LogP contribution in [0, 0.1) is 12.7 Å². The topological polar surface area (TPSA) is 98.9 Å². The Hall–Kier alpha value is -3.72. The van der Waals surface area contributed by atoms with Crippen LogP contribution in [0.4, 0.5) is 4.39 Å². The van der Waals surface area contributed by atoms with Crippen molar-refractivity contribution in [2.24, 2.45) is 0 Å². The van der Waals surface area contributed by atoms with Crippen LogP contribution in [-0.2, 0) is 18.0 Å². The maximum Gasteiger partial charge on any atom is 0.350 e. The average Bonchev–Trinajstić information content (AvgIpc) is 3.11. The number of ether oxygens (including phenoxy) is 2. The molecule has 0 bridgehead atoms. The van der Waals surface area contributed by atoms with Crippen LogP contribution >= 0.6 is 11.3 Å². The first-order valence-corrected chi connectivity index (χ1v) is 9.98. The molecule has 0 amide bonds. The van der Waals surface area contributed by atoms with Crippen LogP contribution in [0.3, 0.4) is 0 Å². The van der Waals surface area contributed by atoms with Gasteiger partial charge in [-0.15, -0.1) is 11.3 Å². The lowest BCUT2D eigenvalue weighted by molar-refractivity contribution is 0.0478. The number of phenolic OH excluding ortho intramolecular Hbond substituents is 1. The van der Waals surface area contributed by atoms with E-state index in [0.29, 0.717) is 32.3 Å². The number of hydrogen-bond donors (Lipinski definition) is 1. The van der Waals surface area contributed by atoms with E-state index >= 15 is 0 Å². The first-order valence-electron chi connectivity index (χ1n) is 9.16. The molecule has 9 heteroatoms. The summed E-state index contributed by atoms with van der Waals surface area (Å²) in [7, 11) is 0. The van der Waals surface area contributed by atoms with Crippen molar-refractivity contribution in [2.45, 2.75) is 20.1 Å². The number of aromatic nitrogens is 1. The normalized spacial score (nSPS) is 10.9. The lowest BCUT2D eigenvalue weighted by Gasteiger charge is -2.07. The van der Waals surface area contributed by atoms with E-state index in [1.807, 2.05) is 0 Å². The van der Waals surface area contributed by atoms with Crippen LogP contribution in [0.15, 0.2) is 57.7 Å². The summed E-state index contributed by atoms with van der Waals surface area (Å²) in [5, 5.41) is 10.7. The fourth-order valence-corrected chi connectivity index (χ4v) is 3.80. The standard InChI is InChI=1S/C22H16FNO6S/c1-12-21(31-19(24-12)11-28-16-5-2-14(23)3-6-16)22(27)29-10-13-8-20(26)30-18-9-15(25)4-7-17(13)18/h2-9,25H,10-11H2,1H3. The molecule has 0 spiro atoms. The van der Waals surface area contributed by atoms with Crippen molar-refractivity contribution in [1.82, 2.24) is 4.98 Å². The lowest BCUT2D eigenvalue weighted by Crippen LogP contribution is -2.07.